The Bertz CT molecular complexity index is 1240. The Morgan fingerprint density at radius 3 is 2.48 bits per heavy atom. The van der Waals surface area contributed by atoms with Crippen molar-refractivity contribution in [2.24, 2.45) is 0 Å². The van der Waals surface area contributed by atoms with E-state index in [4.69, 9.17) is 21.6 Å². The zero-order valence-electron chi connectivity index (χ0n) is 17.1. The standard InChI is InChI=1S/C22H24ClN5O/c1-13-9-17-18(10-14(13)2)26-22-21(25-17)16-11-15(23)5-6-19(16)28(22)12-20(29)24-7-8-27(3)4/h5-6,9-11H,7-8,12H2,1-4H3,(H,24,29). The van der Waals surface area contributed by atoms with Gasteiger partial charge in [0.15, 0.2) is 5.65 Å². The second-order valence-electron chi connectivity index (χ2n) is 7.72. The van der Waals surface area contributed by atoms with Crippen LogP contribution in [0, 0.1) is 13.8 Å². The predicted molar refractivity (Wildman–Crippen MR) is 119 cm³/mol. The van der Waals surface area contributed by atoms with E-state index in [0.717, 1.165) is 34.0 Å². The number of aryl methyl sites for hydroxylation is 2. The van der Waals surface area contributed by atoms with E-state index < -0.39 is 0 Å². The van der Waals surface area contributed by atoms with Crippen molar-refractivity contribution in [2.45, 2.75) is 20.4 Å². The minimum atomic E-state index is -0.0532. The van der Waals surface area contributed by atoms with Gasteiger partial charge in [0, 0.05) is 23.5 Å². The van der Waals surface area contributed by atoms with E-state index in [9.17, 15) is 4.79 Å². The Kier molecular flexibility index (Phi) is 5.15. The summed E-state index contributed by atoms with van der Waals surface area (Å²) in [4.78, 5) is 24.4. The number of rotatable bonds is 5. The highest BCUT2D eigenvalue weighted by molar-refractivity contribution is 6.31. The molecule has 0 radical (unpaired) electrons. The number of aromatic nitrogens is 3. The van der Waals surface area contributed by atoms with Gasteiger partial charge in [0.05, 0.1) is 16.6 Å². The molecule has 2 aromatic heterocycles. The first kappa shape index (κ1) is 19.6. The van der Waals surface area contributed by atoms with Gasteiger partial charge in [0.2, 0.25) is 5.91 Å². The molecular formula is C22H24ClN5O. The molecule has 1 amide bonds. The van der Waals surface area contributed by atoms with Crippen LogP contribution < -0.4 is 5.32 Å². The highest BCUT2D eigenvalue weighted by Gasteiger charge is 2.17. The van der Waals surface area contributed by atoms with Crippen LogP contribution in [0.5, 0.6) is 0 Å². The fraction of sp³-hybridized carbons (Fsp3) is 0.318. The first-order valence-electron chi connectivity index (χ1n) is 9.61. The molecule has 0 saturated heterocycles. The van der Waals surface area contributed by atoms with Crippen molar-refractivity contribution < 1.29 is 4.79 Å². The third-order valence-electron chi connectivity index (χ3n) is 5.20. The number of fused-ring (bicyclic) bond motifs is 4. The molecule has 0 unspecified atom stereocenters. The van der Waals surface area contributed by atoms with E-state index in [-0.39, 0.29) is 12.5 Å². The minimum absolute atomic E-state index is 0.0532. The summed E-state index contributed by atoms with van der Waals surface area (Å²) in [5.74, 6) is -0.0532. The van der Waals surface area contributed by atoms with E-state index in [2.05, 4.69) is 25.2 Å². The molecule has 29 heavy (non-hydrogen) atoms. The summed E-state index contributed by atoms with van der Waals surface area (Å²) in [6.07, 6.45) is 0. The zero-order chi connectivity index (χ0) is 20.7. The first-order chi connectivity index (χ1) is 13.8. The number of hydrogen-bond donors (Lipinski definition) is 1. The van der Waals surface area contributed by atoms with E-state index in [1.807, 2.05) is 47.8 Å². The molecule has 2 heterocycles. The van der Waals surface area contributed by atoms with Gasteiger partial charge in [-0.15, -0.1) is 0 Å². The Morgan fingerprint density at radius 2 is 1.79 bits per heavy atom. The van der Waals surface area contributed by atoms with Crippen LogP contribution in [0.25, 0.3) is 33.1 Å². The normalized spacial score (nSPS) is 11.8. The highest BCUT2D eigenvalue weighted by Crippen LogP contribution is 2.31. The monoisotopic (exact) mass is 409 g/mol. The van der Waals surface area contributed by atoms with Gasteiger partial charge < -0.3 is 14.8 Å². The lowest BCUT2D eigenvalue weighted by atomic mass is 10.1. The third-order valence-corrected chi connectivity index (χ3v) is 5.44. The molecule has 0 aliphatic rings. The van der Waals surface area contributed by atoms with Gasteiger partial charge in [-0.1, -0.05) is 11.6 Å². The highest BCUT2D eigenvalue weighted by atomic mass is 35.5. The van der Waals surface area contributed by atoms with Gasteiger partial charge in [0.1, 0.15) is 12.1 Å². The molecule has 0 bridgehead atoms. The largest absolute Gasteiger partial charge is 0.353 e. The van der Waals surface area contributed by atoms with Crippen molar-refractivity contribution >= 4 is 50.6 Å². The minimum Gasteiger partial charge on any atom is -0.353 e. The lowest BCUT2D eigenvalue weighted by molar-refractivity contribution is -0.121. The number of nitrogens with one attached hydrogen (secondary N) is 1. The molecule has 0 fully saturated rings. The summed E-state index contributed by atoms with van der Waals surface area (Å²) in [5.41, 5.74) is 6.36. The molecule has 0 aliphatic heterocycles. The lowest BCUT2D eigenvalue weighted by Crippen LogP contribution is -2.33. The molecule has 150 valence electrons. The van der Waals surface area contributed by atoms with Crippen LogP contribution in [0.15, 0.2) is 30.3 Å². The summed E-state index contributed by atoms with van der Waals surface area (Å²) in [7, 11) is 3.96. The van der Waals surface area contributed by atoms with Gasteiger partial charge in [-0.2, -0.15) is 0 Å². The van der Waals surface area contributed by atoms with Crippen LogP contribution in [0.4, 0.5) is 0 Å². The van der Waals surface area contributed by atoms with E-state index in [1.54, 1.807) is 0 Å². The quantitative estimate of drug-likeness (QED) is 0.546. The van der Waals surface area contributed by atoms with Crippen LogP contribution in [0.1, 0.15) is 11.1 Å². The summed E-state index contributed by atoms with van der Waals surface area (Å²) < 4.78 is 1.92. The second-order valence-corrected chi connectivity index (χ2v) is 8.16. The van der Waals surface area contributed by atoms with Gasteiger partial charge in [-0.05, 0) is 69.4 Å². The fourth-order valence-electron chi connectivity index (χ4n) is 3.50. The first-order valence-corrected chi connectivity index (χ1v) is 9.99. The number of nitrogens with zero attached hydrogens (tertiary/aromatic N) is 4. The maximum absolute atomic E-state index is 12.6. The number of amides is 1. The molecule has 1 N–H and O–H groups in total. The van der Waals surface area contributed by atoms with E-state index >= 15 is 0 Å². The molecule has 4 aromatic rings. The van der Waals surface area contributed by atoms with Gasteiger partial charge in [-0.25, -0.2) is 9.97 Å². The lowest BCUT2D eigenvalue weighted by Gasteiger charge is -2.11. The van der Waals surface area contributed by atoms with Crippen LogP contribution in [0.2, 0.25) is 5.02 Å². The molecule has 2 aromatic carbocycles. The molecule has 7 heteroatoms. The fourth-order valence-corrected chi connectivity index (χ4v) is 3.67. The summed E-state index contributed by atoms with van der Waals surface area (Å²) in [6.45, 7) is 5.70. The van der Waals surface area contributed by atoms with Gasteiger partial charge in [-0.3, -0.25) is 4.79 Å². The number of benzene rings is 2. The Labute approximate surface area is 174 Å². The molecular weight excluding hydrogens is 386 g/mol. The van der Waals surface area contributed by atoms with Crippen LogP contribution in [-0.2, 0) is 11.3 Å². The van der Waals surface area contributed by atoms with Crippen LogP contribution >= 0.6 is 11.6 Å². The number of halogens is 1. The Morgan fingerprint density at radius 1 is 1.10 bits per heavy atom. The van der Waals surface area contributed by atoms with Crippen molar-refractivity contribution in [2.75, 3.05) is 27.2 Å². The number of carbonyl (C=O) groups excluding carboxylic acids is 1. The SMILES string of the molecule is Cc1cc2nc3c4cc(Cl)ccc4n(CC(=O)NCCN(C)C)c3nc2cc1C. The Balaban J connectivity index is 1.85. The summed E-state index contributed by atoms with van der Waals surface area (Å²) in [5, 5.41) is 4.51. The molecule has 6 nitrogen and oxygen atoms in total. The maximum Gasteiger partial charge on any atom is 0.240 e. The number of carbonyl (C=O) groups is 1. The van der Waals surface area contributed by atoms with Crippen molar-refractivity contribution in [1.29, 1.82) is 0 Å². The Hall–Kier alpha value is -2.70. The maximum atomic E-state index is 12.6. The summed E-state index contributed by atoms with van der Waals surface area (Å²) in [6, 6.07) is 9.75. The molecule has 0 saturated carbocycles. The van der Waals surface area contributed by atoms with Gasteiger partial charge in [0.25, 0.3) is 0 Å². The molecule has 0 atom stereocenters. The van der Waals surface area contributed by atoms with Crippen molar-refractivity contribution in [3.8, 4) is 0 Å². The smallest absolute Gasteiger partial charge is 0.240 e. The number of likely N-dealkylation sites (N-methyl/N-ethyl adjacent to an activating group) is 1. The molecule has 0 aliphatic carbocycles. The van der Waals surface area contributed by atoms with Crippen LogP contribution in [0.3, 0.4) is 0 Å². The molecule has 0 spiro atoms. The third kappa shape index (κ3) is 3.78. The summed E-state index contributed by atoms with van der Waals surface area (Å²) >= 11 is 6.26. The second kappa shape index (κ2) is 7.61. The average Bonchev–Trinajstić information content (AvgIpc) is 2.93. The van der Waals surface area contributed by atoms with Crippen molar-refractivity contribution in [1.82, 2.24) is 24.8 Å². The van der Waals surface area contributed by atoms with E-state index in [1.165, 1.54) is 11.1 Å². The van der Waals surface area contributed by atoms with Crippen molar-refractivity contribution in [3.63, 3.8) is 0 Å². The molecule has 4 rings (SSSR count). The topological polar surface area (TPSA) is 63.1 Å². The van der Waals surface area contributed by atoms with Crippen molar-refractivity contribution in [3.05, 3.63) is 46.5 Å². The number of hydrogen-bond acceptors (Lipinski definition) is 4. The predicted octanol–water partition coefficient (Wildman–Crippen LogP) is 3.69. The average molecular weight is 410 g/mol. The van der Waals surface area contributed by atoms with E-state index in [0.29, 0.717) is 17.2 Å². The zero-order valence-corrected chi connectivity index (χ0v) is 17.8. The van der Waals surface area contributed by atoms with Crippen LogP contribution in [-0.4, -0.2) is 52.5 Å². The van der Waals surface area contributed by atoms with Gasteiger partial charge >= 0.3 is 0 Å².